The maximum atomic E-state index is 13.5. The normalized spacial score (nSPS) is 13.3. The van der Waals surface area contributed by atoms with E-state index in [0.717, 1.165) is 24.3 Å². The van der Waals surface area contributed by atoms with Gasteiger partial charge in [0.1, 0.15) is 38.5 Å². The summed E-state index contributed by atoms with van der Waals surface area (Å²) in [6.45, 7) is 6.91. The number of likely N-dealkylation sites (N-methyl/N-ethyl adjacent to an activating group) is 2. The van der Waals surface area contributed by atoms with Gasteiger partial charge in [0.15, 0.2) is 0 Å². The van der Waals surface area contributed by atoms with Crippen molar-refractivity contribution in [3.05, 3.63) is 104 Å². The topological polar surface area (TPSA) is 213 Å². The Kier molecular flexibility index (Phi) is 16.8. The quantitative estimate of drug-likeness (QED) is 0.0661. The third kappa shape index (κ3) is 12.7. The standard InChI is InChI=1S/C36H46N4O12/c1-5-39(6-2,23-31(41)25-51-35(45)19-15-27-11-9-13-29(21-27)37(47)48)33(43)17-18-34(44)40(7-3,8-4)24-32(42)26-52-36(46)20-16-28-12-10-14-30(22-28)38(49)50/h9-22,31-32,41-42H,5-8,23-26H2,1-4H3/q+2/b18-17+,19-15+,20-16+. The zero-order valence-corrected chi connectivity index (χ0v) is 29.7. The molecule has 0 bridgehead atoms. The minimum atomic E-state index is -1.23. The number of aliphatic hydroxyl groups excluding tert-OH is 2. The van der Waals surface area contributed by atoms with Crippen LogP contribution in [-0.2, 0) is 28.7 Å². The summed E-state index contributed by atoms with van der Waals surface area (Å²) in [6.07, 6.45) is 4.63. The van der Waals surface area contributed by atoms with Crippen LogP contribution in [0.1, 0.15) is 38.8 Å². The van der Waals surface area contributed by atoms with E-state index in [9.17, 15) is 49.6 Å². The van der Waals surface area contributed by atoms with Crippen LogP contribution < -0.4 is 0 Å². The fraction of sp³-hybridized carbons (Fsp3) is 0.389. The van der Waals surface area contributed by atoms with Gasteiger partial charge >= 0.3 is 23.8 Å². The number of carbonyl (C=O) groups is 4. The van der Waals surface area contributed by atoms with Gasteiger partial charge in [-0.15, -0.1) is 0 Å². The summed E-state index contributed by atoms with van der Waals surface area (Å²) in [6, 6.07) is 11.3. The second-order valence-corrected chi connectivity index (χ2v) is 11.9. The molecule has 2 atom stereocenters. The molecule has 0 aliphatic rings. The van der Waals surface area contributed by atoms with Crippen LogP contribution in [0.3, 0.4) is 0 Å². The Labute approximate surface area is 301 Å². The van der Waals surface area contributed by atoms with Gasteiger partial charge in [-0.3, -0.25) is 29.2 Å². The number of benzene rings is 2. The van der Waals surface area contributed by atoms with Gasteiger partial charge in [0, 0.05) is 36.4 Å². The highest BCUT2D eigenvalue weighted by atomic mass is 16.6. The van der Waals surface area contributed by atoms with Crippen molar-refractivity contribution in [2.45, 2.75) is 39.9 Å². The number of nitrogens with zero attached hydrogens (tertiary/aromatic N) is 4. The number of ether oxygens (including phenoxy) is 2. The Morgan fingerprint density at radius 2 is 1.00 bits per heavy atom. The molecule has 2 rings (SSSR count). The average molecular weight is 727 g/mol. The third-order valence-corrected chi connectivity index (χ3v) is 8.67. The fourth-order valence-corrected chi connectivity index (χ4v) is 5.40. The van der Waals surface area contributed by atoms with Crippen molar-refractivity contribution in [1.29, 1.82) is 0 Å². The molecule has 0 spiro atoms. The summed E-state index contributed by atoms with van der Waals surface area (Å²) < 4.78 is 9.73. The lowest BCUT2D eigenvalue weighted by atomic mass is 10.2. The van der Waals surface area contributed by atoms with Crippen LogP contribution in [0.25, 0.3) is 12.2 Å². The number of hydrogen-bond acceptors (Lipinski definition) is 12. The first-order valence-corrected chi connectivity index (χ1v) is 16.7. The van der Waals surface area contributed by atoms with Crippen molar-refractivity contribution in [1.82, 2.24) is 0 Å². The van der Waals surface area contributed by atoms with Crippen LogP contribution in [0.4, 0.5) is 11.4 Å². The average Bonchev–Trinajstić information content (AvgIpc) is 3.14. The van der Waals surface area contributed by atoms with Gasteiger partial charge in [-0.1, -0.05) is 24.3 Å². The molecule has 0 radical (unpaired) electrons. The van der Waals surface area contributed by atoms with Gasteiger partial charge in [0.05, 0.1) is 48.2 Å². The number of non-ortho nitro benzene ring substituents is 2. The number of quaternary nitrogens is 2. The van der Waals surface area contributed by atoms with Crippen molar-refractivity contribution in [2.75, 3.05) is 52.5 Å². The molecule has 0 aromatic heterocycles. The number of amides is 2. The molecular formula is C36H46N4O12+2. The van der Waals surface area contributed by atoms with Crippen LogP contribution in [0.5, 0.6) is 0 Å². The maximum Gasteiger partial charge on any atom is 0.339 e. The minimum absolute atomic E-state index is 0.118. The number of nitro groups is 2. The smallest absolute Gasteiger partial charge is 0.339 e. The number of hydrogen-bond donors (Lipinski definition) is 2. The van der Waals surface area contributed by atoms with E-state index in [-0.39, 0.29) is 59.6 Å². The summed E-state index contributed by atoms with van der Waals surface area (Å²) in [5, 5.41) is 43.3. The molecule has 0 fully saturated rings. The number of nitro benzene ring substituents is 2. The van der Waals surface area contributed by atoms with Crippen LogP contribution in [0, 0.1) is 20.2 Å². The molecule has 2 unspecified atom stereocenters. The first-order chi connectivity index (χ1) is 24.6. The lowest BCUT2D eigenvalue weighted by Crippen LogP contribution is -2.57. The predicted octanol–water partition coefficient (Wildman–Crippen LogP) is 3.36. The second-order valence-electron chi connectivity index (χ2n) is 11.9. The Bertz CT molecular complexity index is 1560. The largest absolute Gasteiger partial charge is 0.460 e. The lowest BCUT2D eigenvalue weighted by Gasteiger charge is -2.35. The highest BCUT2D eigenvalue weighted by Gasteiger charge is 2.37. The van der Waals surface area contributed by atoms with Crippen molar-refractivity contribution in [2.24, 2.45) is 0 Å². The Morgan fingerprint density at radius 1 is 0.654 bits per heavy atom. The van der Waals surface area contributed by atoms with Crippen LogP contribution in [0.15, 0.2) is 72.8 Å². The van der Waals surface area contributed by atoms with E-state index in [2.05, 4.69) is 0 Å². The molecule has 0 heterocycles. The molecule has 0 aliphatic carbocycles. The van der Waals surface area contributed by atoms with Crippen molar-refractivity contribution in [3.8, 4) is 0 Å². The molecule has 2 amide bonds. The Hall–Kier alpha value is -5.42. The highest BCUT2D eigenvalue weighted by molar-refractivity contribution is 5.91. The van der Waals surface area contributed by atoms with E-state index >= 15 is 0 Å². The molecule has 2 N–H and O–H groups in total. The van der Waals surface area contributed by atoms with Gasteiger partial charge < -0.3 is 19.7 Å². The molecule has 0 saturated heterocycles. The number of esters is 2. The summed E-state index contributed by atoms with van der Waals surface area (Å²) in [5.41, 5.74) is 0.529. The monoisotopic (exact) mass is 726 g/mol. The van der Waals surface area contributed by atoms with Gasteiger partial charge in [-0.25, -0.2) is 19.2 Å². The van der Waals surface area contributed by atoms with Crippen LogP contribution in [0.2, 0.25) is 0 Å². The molecular weight excluding hydrogens is 680 g/mol. The minimum Gasteiger partial charge on any atom is -0.460 e. The molecule has 2 aromatic rings. The van der Waals surface area contributed by atoms with Gasteiger partial charge in [-0.05, 0) is 51.0 Å². The molecule has 280 valence electrons. The van der Waals surface area contributed by atoms with Crippen LogP contribution >= 0.6 is 0 Å². The highest BCUT2D eigenvalue weighted by Crippen LogP contribution is 2.17. The molecule has 16 heteroatoms. The van der Waals surface area contributed by atoms with E-state index in [1.54, 1.807) is 39.8 Å². The van der Waals surface area contributed by atoms with E-state index < -0.39 is 59.0 Å². The van der Waals surface area contributed by atoms with Gasteiger partial charge in [0.2, 0.25) is 0 Å². The zero-order chi connectivity index (χ0) is 38.9. The molecule has 2 aromatic carbocycles. The third-order valence-electron chi connectivity index (χ3n) is 8.67. The lowest BCUT2D eigenvalue weighted by molar-refractivity contribution is -0.853. The summed E-state index contributed by atoms with van der Waals surface area (Å²) in [4.78, 5) is 72.2. The van der Waals surface area contributed by atoms with Gasteiger partial charge in [-0.2, -0.15) is 0 Å². The van der Waals surface area contributed by atoms with Gasteiger partial charge in [0.25, 0.3) is 11.4 Å². The maximum absolute atomic E-state index is 13.5. The van der Waals surface area contributed by atoms with Crippen LogP contribution in [-0.4, -0.2) is 117 Å². The number of carbonyl (C=O) groups excluding carboxylic acids is 4. The number of rotatable bonds is 20. The Balaban J connectivity index is 2.00. The Morgan fingerprint density at radius 3 is 1.31 bits per heavy atom. The first-order valence-electron chi connectivity index (χ1n) is 16.7. The van der Waals surface area contributed by atoms with Crippen molar-refractivity contribution in [3.63, 3.8) is 0 Å². The fourth-order valence-electron chi connectivity index (χ4n) is 5.40. The first kappa shape index (κ1) is 42.7. The predicted molar refractivity (Wildman–Crippen MR) is 190 cm³/mol. The zero-order valence-electron chi connectivity index (χ0n) is 29.7. The van der Waals surface area contributed by atoms with Crippen molar-refractivity contribution < 1.29 is 57.7 Å². The summed E-state index contributed by atoms with van der Waals surface area (Å²) in [7, 11) is 0. The van der Waals surface area contributed by atoms with Crippen molar-refractivity contribution >= 4 is 47.3 Å². The molecule has 16 nitrogen and oxygen atoms in total. The van der Waals surface area contributed by atoms with E-state index in [1.807, 2.05) is 0 Å². The molecule has 52 heavy (non-hydrogen) atoms. The number of aliphatic hydroxyl groups is 2. The second kappa shape index (κ2) is 20.4. The summed E-state index contributed by atoms with van der Waals surface area (Å²) >= 11 is 0. The summed E-state index contributed by atoms with van der Waals surface area (Å²) in [5.74, 6) is -2.53. The van der Waals surface area contributed by atoms with E-state index in [0.29, 0.717) is 11.1 Å². The molecule has 0 aliphatic heterocycles. The molecule has 0 saturated carbocycles. The van der Waals surface area contributed by atoms with E-state index in [1.165, 1.54) is 48.6 Å². The SMILES string of the molecule is CC[N+](CC)(CC(O)COC(=O)/C=C/c1cccc([N+](=O)[O-])c1)C(=O)/C=C/C(=O)[N+](CC)(CC)CC(O)COC(=O)/C=C/c1cccc([N+](=O)[O-])c1. The van der Waals surface area contributed by atoms with E-state index in [4.69, 9.17) is 9.47 Å².